The van der Waals surface area contributed by atoms with Gasteiger partial charge in [-0.2, -0.15) is 0 Å². The van der Waals surface area contributed by atoms with Crippen LogP contribution in [0.3, 0.4) is 0 Å². The van der Waals surface area contributed by atoms with E-state index < -0.39 is 47.1 Å². The number of piperidine rings is 2. The maximum atomic E-state index is 13.9. The number of rotatable bonds is 10. The average Bonchev–Trinajstić information content (AvgIpc) is 3.52. The highest BCUT2D eigenvalue weighted by atomic mass is 16.6. The maximum absolute atomic E-state index is 13.9. The predicted octanol–water partition coefficient (Wildman–Crippen LogP) is 6.39. The number of carbonyl (C=O) groups excluding carboxylic acids is 8. The van der Waals surface area contributed by atoms with E-state index in [2.05, 4.69) is 25.4 Å². The number of carbonyl (C=O) groups is 7. The van der Waals surface area contributed by atoms with Crippen molar-refractivity contribution < 1.29 is 47.8 Å². The van der Waals surface area contributed by atoms with Gasteiger partial charge in [0, 0.05) is 43.7 Å². The van der Waals surface area contributed by atoms with Crippen LogP contribution < -0.4 is 0 Å². The van der Waals surface area contributed by atoms with Gasteiger partial charge in [0.25, 0.3) is 0 Å². The first kappa shape index (κ1) is 47.8. The van der Waals surface area contributed by atoms with E-state index in [-0.39, 0.29) is 90.4 Å². The molecule has 3 amide bonds. The first-order chi connectivity index (χ1) is 27.6. The molecule has 2 unspecified atom stereocenters. The zero-order valence-electron chi connectivity index (χ0n) is 36.8. The van der Waals surface area contributed by atoms with Crippen molar-refractivity contribution in [1.82, 2.24) is 9.80 Å². The van der Waals surface area contributed by atoms with Crippen LogP contribution in [0.25, 0.3) is 0 Å². The highest BCUT2D eigenvalue weighted by molar-refractivity contribution is 6.38. The molecular weight excluding hydrogens is 755 g/mol. The fraction of sp³-hybridized carbons (Fsp3) is 0.783. The Morgan fingerprint density at radius 3 is 2.17 bits per heavy atom. The predicted molar refractivity (Wildman–Crippen MR) is 220 cm³/mol. The minimum Gasteiger partial charge on any atom is -0.460 e. The Morgan fingerprint density at radius 1 is 0.949 bits per heavy atom. The minimum atomic E-state index is -0.753. The molecule has 3 aliphatic heterocycles. The monoisotopic (exact) mass is 823 g/mol. The molecule has 2 aliphatic carbocycles. The number of amides is 3. The van der Waals surface area contributed by atoms with Crippen molar-refractivity contribution >= 4 is 47.1 Å². The highest BCUT2D eigenvalue weighted by Gasteiger charge is 2.69. The molecule has 3 heterocycles. The molecule has 328 valence electrons. The van der Waals surface area contributed by atoms with Crippen LogP contribution in [-0.2, 0) is 47.8 Å². The van der Waals surface area contributed by atoms with E-state index in [1.54, 1.807) is 37.8 Å². The summed E-state index contributed by atoms with van der Waals surface area (Å²) in [7, 11) is 0. The standard InChI is InChI=1S/C32H49NO7.C14H20N2O3/c1-7-8-15-24(34)29(37)21-14-12-10-9-11-13-16-39-20-22(18-26(36)40-31(2,3)4)30(38)33-19-23-27(32(23,5)6)28(33)25(35)17-21;1-14(2,3)11(15-8-17)7-16-12(18)9-4-5-10(6-9)13(16)19/h7,21-23,27-28H,1,8-20H2,2-6H3;9-11H,4-7H2,1-3H3/t21-,22+,23+,27+,28-;9?,10?,11-/m11/s1. The third-order valence-corrected chi connectivity index (χ3v) is 13.1. The van der Waals surface area contributed by atoms with E-state index in [4.69, 9.17) is 9.47 Å². The summed E-state index contributed by atoms with van der Waals surface area (Å²) >= 11 is 0. The summed E-state index contributed by atoms with van der Waals surface area (Å²) < 4.78 is 11.4. The van der Waals surface area contributed by atoms with E-state index in [0.717, 1.165) is 44.9 Å². The number of hydrogen-bond acceptors (Lipinski definition) is 11. The van der Waals surface area contributed by atoms with Crippen molar-refractivity contribution in [2.75, 3.05) is 26.3 Å². The van der Waals surface area contributed by atoms with Crippen LogP contribution in [-0.4, -0.2) is 101 Å². The summed E-state index contributed by atoms with van der Waals surface area (Å²) in [5.74, 6) is -3.28. The zero-order valence-corrected chi connectivity index (χ0v) is 36.8. The Bertz CT molecular complexity index is 1630. The second-order valence-electron chi connectivity index (χ2n) is 20.1. The van der Waals surface area contributed by atoms with Gasteiger partial charge in [-0.15, -0.1) is 6.58 Å². The number of hydrogen-bond donors (Lipinski definition) is 0. The number of isocyanates is 1. The molecule has 2 saturated carbocycles. The number of nitrogens with zero attached hydrogens (tertiary/aromatic N) is 3. The molecule has 0 aromatic heterocycles. The van der Waals surface area contributed by atoms with Gasteiger partial charge < -0.3 is 14.4 Å². The molecule has 0 N–H and O–H groups in total. The van der Waals surface area contributed by atoms with E-state index in [1.807, 2.05) is 20.8 Å². The molecule has 8 atom stereocenters. The van der Waals surface area contributed by atoms with E-state index in [1.165, 1.54) is 4.90 Å². The SMILES string of the molecule is C=CCCC(=O)C(=O)[C@@H]1CCCCCCCOC[C@H](CC(=O)OC(C)(C)C)C(=O)N2C[C@H]3[C@@H]([C@H]2C(=O)C1)C3(C)C.CC(C)(C)[C@@H](CN1C(=O)C2CCC(C2)C1=O)N=C=O. The lowest BCUT2D eigenvalue weighted by Gasteiger charge is -2.35. The Kier molecular flexibility index (Phi) is 16.3. The van der Waals surface area contributed by atoms with Crippen molar-refractivity contribution in [2.45, 2.75) is 157 Å². The number of fused-ring (bicyclic) bond motifs is 5. The average molecular weight is 824 g/mol. The summed E-state index contributed by atoms with van der Waals surface area (Å²) in [5.41, 5.74) is -1.05. The van der Waals surface area contributed by atoms with Crippen molar-refractivity contribution in [3.63, 3.8) is 0 Å². The lowest BCUT2D eigenvalue weighted by Crippen LogP contribution is -2.50. The van der Waals surface area contributed by atoms with Crippen molar-refractivity contribution in [3.05, 3.63) is 12.7 Å². The van der Waals surface area contributed by atoms with Gasteiger partial charge in [0.15, 0.2) is 11.6 Å². The maximum Gasteiger partial charge on any atom is 0.307 e. The molecule has 5 aliphatic rings. The fourth-order valence-corrected chi connectivity index (χ4v) is 9.45. The molecule has 5 rings (SSSR count). The van der Waals surface area contributed by atoms with Gasteiger partial charge in [-0.1, -0.05) is 66.4 Å². The molecule has 0 radical (unpaired) electrons. The van der Waals surface area contributed by atoms with Gasteiger partial charge >= 0.3 is 5.97 Å². The number of likely N-dealkylation sites (tertiary alicyclic amines) is 1. The lowest BCUT2D eigenvalue weighted by molar-refractivity contribution is -0.160. The number of esters is 1. The lowest BCUT2D eigenvalue weighted by atomic mass is 9.85. The van der Waals surface area contributed by atoms with E-state index >= 15 is 0 Å². The first-order valence-corrected chi connectivity index (χ1v) is 21.8. The first-order valence-electron chi connectivity index (χ1n) is 21.8. The molecule has 0 aromatic rings. The third kappa shape index (κ3) is 12.4. The zero-order chi connectivity index (χ0) is 43.9. The van der Waals surface area contributed by atoms with Crippen LogP contribution >= 0.6 is 0 Å². The fourth-order valence-electron chi connectivity index (χ4n) is 9.45. The van der Waals surface area contributed by atoms with Gasteiger partial charge in [-0.05, 0) is 82.0 Å². The van der Waals surface area contributed by atoms with Gasteiger partial charge in [0.1, 0.15) is 5.60 Å². The number of ketones is 3. The molecule has 5 fully saturated rings. The Labute approximate surface area is 350 Å². The van der Waals surface area contributed by atoms with Crippen LogP contribution in [0.4, 0.5) is 0 Å². The van der Waals surface area contributed by atoms with Crippen molar-refractivity contribution in [1.29, 1.82) is 0 Å². The molecule has 0 spiro atoms. The molecule has 0 aromatic carbocycles. The number of aliphatic imine (C=N–C) groups is 1. The van der Waals surface area contributed by atoms with Crippen LogP contribution in [0.15, 0.2) is 17.6 Å². The summed E-state index contributed by atoms with van der Waals surface area (Å²) in [4.78, 5) is 108. The Balaban J connectivity index is 0.000000336. The number of Topliss-reactive ketones (excluding diaryl/α,β-unsaturated/α-hetero) is 3. The van der Waals surface area contributed by atoms with Crippen LogP contribution in [0.2, 0.25) is 0 Å². The normalized spacial score (nSPS) is 29.3. The molecule has 13 nitrogen and oxygen atoms in total. The van der Waals surface area contributed by atoms with E-state index in [0.29, 0.717) is 32.4 Å². The summed E-state index contributed by atoms with van der Waals surface area (Å²) in [5, 5.41) is 0. The van der Waals surface area contributed by atoms with Gasteiger partial charge in [-0.3, -0.25) is 38.5 Å². The number of imide groups is 1. The molecule has 59 heavy (non-hydrogen) atoms. The van der Waals surface area contributed by atoms with Crippen LogP contribution in [0.5, 0.6) is 0 Å². The third-order valence-electron chi connectivity index (χ3n) is 13.1. The molecule has 13 heteroatoms. The van der Waals surface area contributed by atoms with Gasteiger partial charge in [-0.25, -0.2) is 9.79 Å². The summed E-state index contributed by atoms with van der Waals surface area (Å²) in [6.45, 7) is 20.2. The van der Waals surface area contributed by atoms with Crippen molar-refractivity contribution in [2.24, 2.45) is 51.3 Å². The number of ether oxygens (including phenoxy) is 2. The Hall–Kier alpha value is -3.83. The Morgan fingerprint density at radius 2 is 1.58 bits per heavy atom. The second-order valence-corrected chi connectivity index (χ2v) is 20.1. The highest BCUT2D eigenvalue weighted by Crippen LogP contribution is 2.65. The summed E-state index contributed by atoms with van der Waals surface area (Å²) in [6, 6.07) is -1.06. The largest absolute Gasteiger partial charge is 0.460 e. The van der Waals surface area contributed by atoms with E-state index in [9.17, 15) is 38.4 Å². The van der Waals surface area contributed by atoms with Crippen LogP contribution in [0.1, 0.15) is 139 Å². The second kappa shape index (κ2) is 20.2. The van der Waals surface area contributed by atoms with Gasteiger partial charge in [0.05, 0.1) is 37.6 Å². The number of allylic oxidation sites excluding steroid dienone is 1. The topological polar surface area (TPSA) is 174 Å². The van der Waals surface area contributed by atoms with Crippen LogP contribution in [0, 0.1) is 46.3 Å². The summed E-state index contributed by atoms with van der Waals surface area (Å²) in [6.07, 6.45) is 10.7. The molecule has 2 bridgehead atoms. The van der Waals surface area contributed by atoms with Gasteiger partial charge in [0.2, 0.25) is 29.6 Å². The molecule has 3 saturated heterocycles. The smallest absolute Gasteiger partial charge is 0.307 e. The van der Waals surface area contributed by atoms with Crippen molar-refractivity contribution in [3.8, 4) is 0 Å². The molecular formula is C46H69N3O10. The quantitative estimate of drug-likeness (QED) is 0.0600. The minimum absolute atomic E-state index is 0.00171.